The van der Waals surface area contributed by atoms with E-state index >= 15 is 0 Å². The molecule has 0 fully saturated rings. The number of rotatable bonds is 0. The molecular formula is C13H17N. The van der Waals surface area contributed by atoms with E-state index in [1.165, 1.54) is 11.1 Å². The Morgan fingerprint density at radius 1 is 1.14 bits per heavy atom. The first kappa shape index (κ1) is 10.8. The number of benzene rings is 1. The van der Waals surface area contributed by atoms with Gasteiger partial charge in [0, 0.05) is 5.56 Å². The Hall–Kier alpha value is -1.26. The normalized spacial score (nSPS) is 10.6. The van der Waals surface area contributed by atoms with Gasteiger partial charge in [-0.15, -0.1) is 0 Å². The Kier molecular flexibility index (Phi) is 2.98. The average Bonchev–Trinajstić information content (AvgIpc) is 2.06. The van der Waals surface area contributed by atoms with Crippen LogP contribution in [0, 0.1) is 25.7 Å². The zero-order chi connectivity index (χ0) is 10.8. The van der Waals surface area contributed by atoms with Crippen molar-refractivity contribution in [2.45, 2.75) is 33.2 Å². The predicted octanol–water partition coefficient (Wildman–Crippen LogP) is 2.39. The van der Waals surface area contributed by atoms with Gasteiger partial charge in [-0.2, -0.15) is 0 Å². The van der Waals surface area contributed by atoms with Crippen molar-refractivity contribution < 1.29 is 0 Å². The van der Waals surface area contributed by atoms with Crippen LogP contribution in [0.4, 0.5) is 0 Å². The third-order valence-electron chi connectivity index (χ3n) is 2.04. The molecule has 0 saturated heterocycles. The van der Waals surface area contributed by atoms with Gasteiger partial charge in [0.15, 0.2) is 0 Å². The lowest BCUT2D eigenvalue weighted by atomic mass is 10.0. The van der Waals surface area contributed by atoms with Gasteiger partial charge in [-0.25, -0.2) is 0 Å². The van der Waals surface area contributed by atoms with Crippen LogP contribution in [0.25, 0.3) is 0 Å². The van der Waals surface area contributed by atoms with Crippen LogP contribution in [-0.2, 0) is 0 Å². The molecule has 0 amide bonds. The summed E-state index contributed by atoms with van der Waals surface area (Å²) < 4.78 is 0. The van der Waals surface area contributed by atoms with Gasteiger partial charge in [0.25, 0.3) is 0 Å². The van der Waals surface area contributed by atoms with E-state index in [0.717, 1.165) is 5.56 Å². The standard InChI is InChI=1S/C13H17N/c1-10-5-6-12(9-11(10)2)7-8-13(3,4)14/h5-6,9H,14H2,1-4H3. The molecule has 0 aromatic heterocycles. The monoisotopic (exact) mass is 187 g/mol. The molecule has 0 unspecified atom stereocenters. The van der Waals surface area contributed by atoms with Gasteiger partial charge in [0.2, 0.25) is 0 Å². The summed E-state index contributed by atoms with van der Waals surface area (Å²) >= 11 is 0. The van der Waals surface area contributed by atoms with Crippen molar-refractivity contribution in [1.82, 2.24) is 0 Å². The summed E-state index contributed by atoms with van der Waals surface area (Å²) in [6.45, 7) is 8.00. The molecule has 1 rings (SSSR count). The van der Waals surface area contributed by atoms with Crippen molar-refractivity contribution in [2.24, 2.45) is 5.73 Å². The van der Waals surface area contributed by atoms with Crippen LogP contribution in [0.1, 0.15) is 30.5 Å². The molecule has 2 N–H and O–H groups in total. The summed E-state index contributed by atoms with van der Waals surface area (Å²) in [5, 5.41) is 0. The summed E-state index contributed by atoms with van der Waals surface area (Å²) in [6, 6.07) is 6.21. The first-order valence-electron chi connectivity index (χ1n) is 4.78. The SMILES string of the molecule is Cc1ccc(C#CC(C)(C)N)cc1C. The van der Waals surface area contributed by atoms with Crippen molar-refractivity contribution in [2.75, 3.05) is 0 Å². The molecule has 0 radical (unpaired) electrons. The topological polar surface area (TPSA) is 26.0 Å². The van der Waals surface area contributed by atoms with Gasteiger partial charge >= 0.3 is 0 Å². The Bertz CT molecular complexity index is 386. The maximum atomic E-state index is 5.78. The Balaban J connectivity index is 2.98. The number of hydrogen-bond acceptors (Lipinski definition) is 1. The van der Waals surface area contributed by atoms with Crippen LogP contribution in [0.5, 0.6) is 0 Å². The maximum Gasteiger partial charge on any atom is 0.0722 e. The van der Waals surface area contributed by atoms with Crippen LogP contribution >= 0.6 is 0 Å². The first-order valence-corrected chi connectivity index (χ1v) is 4.78. The van der Waals surface area contributed by atoms with Gasteiger partial charge in [0.1, 0.15) is 0 Å². The highest BCUT2D eigenvalue weighted by atomic mass is 14.7. The molecule has 0 heterocycles. The Morgan fingerprint density at radius 2 is 1.79 bits per heavy atom. The fourth-order valence-electron chi connectivity index (χ4n) is 1.05. The van der Waals surface area contributed by atoms with E-state index in [0.29, 0.717) is 0 Å². The van der Waals surface area contributed by atoms with E-state index in [2.05, 4.69) is 37.8 Å². The lowest BCUT2D eigenvalue weighted by Crippen LogP contribution is -2.29. The molecule has 1 heteroatoms. The van der Waals surface area contributed by atoms with Gasteiger partial charge in [-0.1, -0.05) is 17.9 Å². The third kappa shape index (κ3) is 3.24. The molecule has 0 aliphatic rings. The molecule has 1 aromatic carbocycles. The lowest BCUT2D eigenvalue weighted by Gasteiger charge is -2.07. The minimum atomic E-state index is -0.418. The quantitative estimate of drug-likeness (QED) is 0.620. The van der Waals surface area contributed by atoms with E-state index < -0.39 is 5.54 Å². The van der Waals surface area contributed by atoms with E-state index in [9.17, 15) is 0 Å². The predicted molar refractivity (Wildman–Crippen MR) is 61.1 cm³/mol. The van der Waals surface area contributed by atoms with Crippen molar-refractivity contribution in [3.8, 4) is 11.8 Å². The van der Waals surface area contributed by atoms with Crippen LogP contribution < -0.4 is 5.73 Å². The summed E-state index contributed by atoms with van der Waals surface area (Å²) in [6.07, 6.45) is 0. The number of hydrogen-bond donors (Lipinski definition) is 1. The maximum absolute atomic E-state index is 5.78. The van der Waals surface area contributed by atoms with E-state index in [1.54, 1.807) is 0 Å². The van der Waals surface area contributed by atoms with Crippen LogP contribution in [0.2, 0.25) is 0 Å². The van der Waals surface area contributed by atoms with Crippen LogP contribution in [0.15, 0.2) is 18.2 Å². The van der Waals surface area contributed by atoms with Gasteiger partial charge < -0.3 is 5.73 Å². The summed E-state index contributed by atoms with van der Waals surface area (Å²) in [7, 11) is 0. The minimum Gasteiger partial charge on any atom is -0.316 e. The van der Waals surface area contributed by atoms with Gasteiger partial charge in [0.05, 0.1) is 5.54 Å². The number of aryl methyl sites for hydroxylation is 2. The van der Waals surface area contributed by atoms with E-state index in [-0.39, 0.29) is 0 Å². The van der Waals surface area contributed by atoms with Gasteiger partial charge in [-0.05, 0) is 51.0 Å². The summed E-state index contributed by atoms with van der Waals surface area (Å²) in [5.74, 6) is 6.09. The molecule has 1 aromatic rings. The second-order valence-corrected chi connectivity index (χ2v) is 4.27. The highest BCUT2D eigenvalue weighted by Crippen LogP contribution is 2.08. The zero-order valence-corrected chi connectivity index (χ0v) is 9.31. The molecule has 0 aliphatic heterocycles. The minimum absolute atomic E-state index is 0.418. The lowest BCUT2D eigenvalue weighted by molar-refractivity contribution is 0.680. The molecule has 0 spiro atoms. The summed E-state index contributed by atoms with van der Waals surface area (Å²) in [4.78, 5) is 0. The van der Waals surface area contributed by atoms with Crippen molar-refractivity contribution in [3.63, 3.8) is 0 Å². The second kappa shape index (κ2) is 3.86. The van der Waals surface area contributed by atoms with E-state index in [1.807, 2.05) is 19.9 Å². The highest BCUT2D eigenvalue weighted by Gasteiger charge is 2.03. The molecule has 0 saturated carbocycles. The Morgan fingerprint density at radius 3 is 2.29 bits per heavy atom. The van der Waals surface area contributed by atoms with Crippen LogP contribution in [-0.4, -0.2) is 5.54 Å². The average molecular weight is 187 g/mol. The fraction of sp³-hybridized carbons (Fsp3) is 0.385. The van der Waals surface area contributed by atoms with Crippen molar-refractivity contribution in [3.05, 3.63) is 34.9 Å². The smallest absolute Gasteiger partial charge is 0.0722 e. The highest BCUT2D eigenvalue weighted by molar-refractivity contribution is 5.41. The zero-order valence-electron chi connectivity index (χ0n) is 9.31. The third-order valence-corrected chi connectivity index (χ3v) is 2.04. The summed E-state index contributed by atoms with van der Waals surface area (Å²) in [5.41, 5.74) is 8.96. The van der Waals surface area contributed by atoms with Crippen LogP contribution in [0.3, 0.4) is 0 Å². The number of nitrogens with two attached hydrogens (primary N) is 1. The Labute approximate surface area is 86.3 Å². The molecule has 0 aliphatic carbocycles. The molecular weight excluding hydrogens is 170 g/mol. The van der Waals surface area contributed by atoms with Crippen molar-refractivity contribution >= 4 is 0 Å². The van der Waals surface area contributed by atoms with E-state index in [4.69, 9.17) is 5.73 Å². The molecule has 0 atom stereocenters. The molecule has 0 bridgehead atoms. The fourth-order valence-corrected chi connectivity index (χ4v) is 1.05. The first-order chi connectivity index (χ1) is 6.38. The van der Waals surface area contributed by atoms with Crippen molar-refractivity contribution in [1.29, 1.82) is 0 Å². The molecule has 1 nitrogen and oxygen atoms in total. The molecule has 14 heavy (non-hydrogen) atoms. The molecule has 74 valence electrons. The largest absolute Gasteiger partial charge is 0.316 e. The van der Waals surface area contributed by atoms with Gasteiger partial charge in [-0.3, -0.25) is 0 Å². The second-order valence-electron chi connectivity index (χ2n) is 4.27.